The second-order valence-corrected chi connectivity index (χ2v) is 24.4. The lowest BCUT2D eigenvalue weighted by molar-refractivity contribution is -0.777. The van der Waals surface area contributed by atoms with E-state index in [2.05, 4.69) is 41.4 Å². The molecule has 0 amide bonds. The number of nitrogens with zero attached hydrogens (tertiary/aromatic N) is 1. The van der Waals surface area contributed by atoms with Crippen LogP contribution < -0.4 is 10.2 Å². The number of fused-ring (bicyclic) bond motifs is 6. The van der Waals surface area contributed by atoms with E-state index in [1.807, 2.05) is 80.3 Å². The molecule has 1 aliphatic heterocycles. The number of benzene rings is 5. The minimum Gasteiger partial charge on any atom is -0.748 e. The van der Waals surface area contributed by atoms with Crippen LogP contribution in [0.15, 0.2) is 151 Å². The highest BCUT2D eigenvalue weighted by Gasteiger charge is 2.42. The zero-order valence-corrected chi connectivity index (χ0v) is 41.8. The molecule has 0 unspecified atom stereocenters. The van der Waals surface area contributed by atoms with E-state index >= 15 is 0 Å². The maximum absolute atomic E-state index is 12.1. The van der Waals surface area contributed by atoms with Gasteiger partial charge in [-0.25, -0.2) is 25.3 Å². The molecule has 0 atom stereocenters. The first-order chi connectivity index (χ1) is 32.0. The lowest BCUT2D eigenvalue weighted by Gasteiger charge is -2.28. The summed E-state index contributed by atoms with van der Waals surface area (Å²) >= 11 is 2.40. The zero-order chi connectivity index (χ0) is 49.0. The van der Waals surface area contributed by atoms with E-state index in [4.69, 9.17) is 0 Å². The molecule has 358 valence electrons. The van der Waals surface area contributed by atoms with Gasteiger partial charge in [-0.05, 0) is 142 Å². The van der Waals surface area contributed by atoms with Gasteiger partial charge in [0, 0.05) is 49.2 Å². The van der Waals surface area contributed by atoms with Crippen LogP contribution in [0.5, 0.6) is 0 Å². The van der Waals surface area contributed by atoms with Crippen molar-refractivity contribution in [3.63, 3.8) is 0 Å². The SMILES string of the molecule is Cc1ccc(SC2=C(/C=C/C3=C(CCS(=O)(=O)[O-])c4ccc5cc(SOO[O-])ccc5c4C3(C)C)CCCC2=C/C=C2/N(CCS(=O)(=O)[O-])c3ccc4cc(S(=O)(=O)[O-])ccc4c3C2(C)C)cc1. The summed E-state index contributed by atoms with van der Waals surface area (Å²) in [5.41, 5.74) is 7.35. The number of rotatable bonds is 15. The molecular formula is C50H47NO12S5-4. The van der Waals surface area contributed by atoms with E-state index in [1.54, 1.807) is 36.0 Å². The van der Waals surface area contributed by atoms with Crippen LogP contribution in [-0.2, 0) is 50.6 Å². The smallest absolute Gasteiger partial charge is 0.124 e. The number of thioether (sulfide) groups is 1. The maximum Gasteiger partial charge on any atom is 0.124 e. The molecule has 8 rings (SSSR count). The Kier molecular flexibility index (Phi) is 13.9. The van der Waals surface area contributed by atoms with Crippen molar-refractivity contribution in [2.45, 2.75) is 85.8 Å². The van der Waals surface area contributed by atoms with Gasteiger partial charge in [-0.3, -0.25) is 5.04 Å². The summed E-state index contributed by atoms with van der Waals surface area (Å²) in [4.78, 5) is 4.11. The van der Waals surface area contributed by atoms with Gasteiger partial charge in [-0.1, -0.05) is 106 Å². The van der Waals surface area contributed by atoms with E-state index in [-0.39, 0.29) is 17.9 Å². The summed E-state index contributed by atoms with van der Waals surface area (Å²) in [6.45, 7) is 10.0. The molecule has 5 aromatic carbocycles. The minimum atomic E-state index is -4.73. The Hall–Kier alpha value is -4.57. The Labute approximate surface area is 405 Å². The number of aryl methyl sites for hydroxylation is 1. The molecule has 0 fully saturated rings. The number of allylic oxidation sites excluding steroid dienone is 9. The number of hydrogen-bond donors (Lipinski definition) is 0. The number of anilines is 1. The molecule has 3 aliphatic rings. The highest BCUT2D eigenvalue weighted by atomic mass is 32.2. The Morgan fingerprint density at radius 3 is 2.07 bits per heavy atom. The van der Waals surface area contributed by atoms with Crippen LogP contribution in [0.2, 0.25) is 0 Å². The summed E-state index contributed by atoms with van der Waals surface area (Å²) in [7, 11) is -13.9. The normalized spacial score (nSPS) is 18.5. The Bertz CT molecular complexity index is 3370. The summed E-state index contributed by atoms with van der Waals surface area (Å²) in [5.74, 6) is -1.24. The van der Waals surface area contributed by atoms with E-state index in [9.17, 15) is 44.2 Å². The summed E-state index contributed by atoms with van der Waals surface area (Å²) in [6, 6.07) is 25.3. The van der Waals surface area contributed by atoms with Crippen molar-refractivity contribution in [3.05, 3.63) is 159 Å². The minimum absolute atomic E-state index is 0.00924. The van der Waals surface area contributed by atoms with E-state index < -0.39 is 52.7 Å². The fourth-order valence-corrected chi connectivity index (χ4v) is 12.8. The quantitative estimate of drug-likeness (QED) is 0.0413. The van der Waals surface area contributed by atoms with Crippen LogP contribution in [0.3, 0.4) is 0 Å². The van der Waals surface area contributed by atoms with Crippen molar-refractivity contribution in [1.29, 1.82) is 0 Å². The van der Waals surface area contributed by atoms with Crippen LogP contribution in [-0.4, -0.2) is 57.0 Å². The third-order valence-corrected chi connectivity index (χ3v) is 17.0. The van der Waals surface area contributed by atoms with E-state index in [0.717, 1.165) is 95.7 Å². The van der Waals surface area contributed by atoms with Gasteiger partial charge in [0.05, 0.1) is 42.9 Å². The van der Waals surface area contributed by atoms with E-state index in [0.29, 0.717) is 27.8 Å². The molecule has 0 N–H and O–H groups in total. The third-order valence-electron chi connectivity index (χ3n) is 13.0. The standard InChI is InChI=1S/C50H51NO12S5/c1-31-9-15-36(16-10-31)64-48-32(12-22-43-41(25-27-66(53,54)55)42-19-11-34-29-37(65-63-62-52)17-20-39(34)46(42)49(43,2)3)7-6-8-33(48)14-24-45-50(4,5)47-40-21-18-38(68(59,60)61)30-35(40)13-23-44(47)51(45)26-28-67(56,57)58/h9-24,29-30,52H,6-8,25-28H2,1-5H3,(H,53,54,55)(H,56,57,58)(H,59,60,61)/p-4/b22-12+,33-14?,45-24+. The molecule has 18 heteroatoms. The summed E-state index contributed by atoms with van der Waals surface area (Å²) < 4.78 is 113. The van der Waals surface area contributed by atoms with Gasteiger partial charge in [-0.2, -0.15) is 4.33 Å². The second kappa shape index (κ2) is 19.0. The monoisotopic (exact) mass is 1010 g/mol. The second-order valence-electron chi connectivity index (χ2n) is 18.2. The van der Waals surface area contributed by atoms with Crippen LogP contribution in [0.4, 0.5) is 5.69 Å². The molecule has 13 nitrogen and oxygen atoms in total. The largest absolute Gasteiger partial charge is 0.748 e. The first-order valence-electron chi connectivity index (χ1n) is 21.7. The maximum atomic E-state index is 12.1. The van der Waals surface area contributed by atoms with Gasteiger partial charge in [0.1, 0.15) is 10.1 Å². The van der Waals surface area contributed by atoms with Crippen LogP contribution >= 0.6 is 23.8 Å². The lowest BCUT2D eigenvalue weighted by Crippen LogP contribution is -2.30. The molecule has 0 aromatic heterocycles. The van der Waals surface area contributed by atoms with Crippen molar-refractivity contribution in [2.24, 2.45) is 0 Å². The number of hydrogen-bond acceptors (Lipinski definition) is 15. The average Bonchev–Trinajstić information content (AvgIpc) is 3.63. The molecule has 68 heavy (non-hydrogen) atoms. The van der Waals surface area contributed by atoms with Crippen molar-refractivity contribution in [1.82, 2.24) is 0 Å². The molecular weight excluding hydrogens is 967 g/mol. The van der Waals surface area contributed by atoms with Crippen molar-refractivity contribution in [3.8, 4) is 0 Å². The van der Waals surface area contributed by atoms with Gasteiger partial charge in [0.2, 0.25) is 0 Å². The molecule has 0 bridgehead atoms. The molecule has 0 saturated carbocycles. The van der Waals surface area contributed by atoms with Crippen LogP contribution in [0.25, 0.3) is 27.1 Å². The Morgan fingerprint density at radius 2 is 1.38 bits per heavy atom. The molecule has 0 saturated heterocycles. The molecule has 5 aromatic rings. The topological polar surface area (TPSA) is 216 Å². The molecule has 0 spiro atoms. The fraction of sp³-hybridized carbons (Fsp3) is 0.280. The average molecular weight is 1010 g/mol. The molecule has 1 heterocycles. The van der Waals surface area contributed by atoms with Crippen molar-refractivity contribution in [2.75, 3.05) is 23.0 Å². The van der Waals surface area contributed by atoms with Crippen molar-refractivity contribution >= 4 is 87.0 Å². The highest BCUT2D eigenvalue weighted by Crippen LogP contribution is 2.53. The highest BCUT2D eigenvalue weighted by molar-refractivity contribution is 8.03. The van der Waals surface area contributed by atoms with Crippen molar-refractivity contribution < 1.29 is 53.5 Å². The third kappa shape index (κ3) is 10.3. The van der Waals surface area contributed by atoms with Gasteiger partial charge >= 0.3 is 0 Å². The first kappa shape index (κ1) is 49.8. The van der Waals surface area contributed by atoms with Gasteiger partial charge in [0.15, 0.2) is 0 Å². The predicted octanol–water partition coefficient (Wildman–Crippen LogP) is 9.36. The van der Waals surface area contributed by atoms with Crippen LogP contribution in [0.1, 0.15) is 75.6 Å². The summed E-state index contributed by atoms with van der Waals surface area (Å²) in [5, 5.41) is 17.1. The fourth-order valence-electron chi connectivity index (χ4n) is 9.91. The molecule has 0 radical (unpaired) electrons. The Balaban J connectivity index is 1.26. The van der Waals surface area contributed by atoms with Gasteiger partial charge in [0.25, 0.3) is 0 Å². The first-order valence-corrected chi connectivity index (χ1v) is 27.8. The Morgan fingerprint density at radius 1 is 0.721 bits per heavy atom. The molecule has 2 aliphatic carbocycles. The van der Waals surface area contributed by atoms with Gasteiger partial charge in [-0.15, -0.1) is 0 Å². The summed E-state index contributed by atoms with van der Waals surface area (Å²) in [6.07, 6.45) is 10.4. The van der Waals surface area contributed by atoms with Gasteiger partial charge < -0.3 is 23.8 Å². The predicted molar refractivity (Wildman–Crippen MR) is 261 cm³/mol. The lowest BCUT2D eigenvalue weighted by atomic mass is 9.78. The zero-order valence-electron chi connectivity index (χ0n) is 37.7. The van der Waals surface area contributed by atoms with Crippen LogP contribution in [0, 0.1) is 6.92 Å². The van der Waals surface area contributed by atoms with E-state index in [1.165, 1.54) is 12.1 Å².